The quantitative estimate of drug-likeness (QED) is 0.591. The van der Waals surface area contributed by atoms with E-state index in [0.717, 1.165) is 12.1 Å². The molecule has 1 aromatic rings. The molecule has 2 N–H and O–H groups in total. The molecule has 0 aromatic heterocycles. The van der Waals surface area contributed by atoms with E-state index in [1.54, 1.807) is 0 Å². The number of hydrogen-bond donors (Lipinski definition) is 2. The van der Waals surface area contributed by atoms with Gasteiger partial charge in [-0.2, -0.15) is 0 Å². The molecule has 4 heteroatoms. The van der Waals surface area contributed by atoms with Crippen molar-refractivity contribution < 1.29 is 19.4 Å². The zero-order valence-electron chi connectivity index (χ0n) is 7.72. The second-order valence-corrected chi connectivity index (χ2v) is 2.77. The maximum atomic E-state index is 12.8. The molecule has 78 valence electrons. The minimum atomic E-state index is -1.04. The Labute approximate surface area is 85.8 Å². The first-order valence-corrected chi connectivity index (χ1v) is 4.16. The highest BCUT2D eigenvalue weighted by Gasteiger charge is 1.98. The standard InChI is InChI=1S/C11H9FO3/c12-9-7-8(5-6-10(9)13)3-1-2-4-11(14)15/h1-7,13H,(H,14,15)/b3-1+,4-2+. The van der Waals surface area contributed by atoms with Crippen molar-refractivity contribution in [3.8, 4) is 5.75 Å². The van der Waals surface area contributed by atoms with Crippen LogP contribution >= 0.6 is 0 Å². The Bertz CT molecular complexity index is 422. The fourth-order valence-corrected chi connectivity index (χ4v) is 0.931. The van der Waals surface area contributed by atoms with Gasteiger partial charge in [-0.1, -0.05) is 24.3 Å². The summed E-state index contributed by atoms with van der Waals surface area (Å²) >= 11 is 0. The molecule has 0 amide bonds. The first-order valence-electron chi connectivity index (χ1n) is 4.16. The lowest BCUT2D eigenvalue weighted by Gasteiger charge is -1.95. The van der Waals surface area contributed by atoms with Crippen LogP contribution in [-0.4, -0.2) is 16.2 Å². The first kappa shape index (κ1) is 11.0. The van der Waals surface area contributed by atoms with Crippen molar-refractivity contribution in [1.29, 1.82) is 0 Å². The van der Waals surface area contributed by atoms with E-state index in [2.05, 4.69) is 0 Å². The molecule has 0 aliphatic rings. The van der Waals surface area contributed by atoms with Gasteiger partial charge in [0.15, 0.2) is 11.6 Å². The molecule has 3 nitrogen and oxygen atoms in total. The highest BCUT2D eigenvalue weighted by Crippen LogP contribution is 2.16. The fourth-order valence-electron chi connectivity index (χ4n) is 0.931. The van der Waals surface area contributed by atoms with Crippen LogP contribution < -0.4 is 0 Å². The van der Waals surface area contributed by atoms with Crippen LogP contribution in [0.4, 0.5) is 4.39 Å². The lowest BCUT2D eigenvalue weighted by atomic mass is 10.2. The molecule has 0 heterocycles. The van der Waals surface area contributed by atoms with Crippen molar-refractivity contribution in [2.45, 2.75) is 0 Å². The molecule has 0 fully saturated rings. The highest BCUT2D eigenvalue weighted by molar-refractivity contribution is 5.80. The number of carboxylic acids is 1. The zero-order chi connectivity index (χ0) is 11.3. The zero-order valence-corrected chi connectivity index (χ0v) is 7.72. The SMILES string of the molecule is O=C(O)/C=C/C=C/c1ccc(O)c(F)c1. The third kappa shape index (κ3) is 3.64. The van der Waals surface area contributed by atoms with Crippen molar-refractivity contribution >= 4 is 12.0 Å². The van der Waals surface area contributed by atoms with E-state index in [-0.39, 0.29) is 0 Å². The lowest BCUT2D eigenvalue weighted by Crippen LogP contribution is -1.84. The Balaban J connectivity index is 2.73. The van der Waals surface area contributed by atoms with Gasteiger partial charge in [-0.3, -0.25) is 0 Å². The van der Waals surface area contributed by atoms with E-state index >= 15 is 0 Å². The summed E-state index contributed by atoms with van der Waals surface area (Å²) in [4.78, 5) is 10.1. The Kier molecular flexibility index (Phi) is 3.62. The van der Waals surface area contributed by atoms with Crippen LogP contribution in [0.1, 0.15) is 5.56 Å². The number of carboxylic acid groups (broad SMARTS) is 1. The number of benzene rings is 1. The molecule has 1 aromatic carbocycles. The molecular formula is C11H9FO3. The van der Waals surface area contributed by atoms with Crippen molar-refractivity contribution in [3.63, 3.8) is 0 Å². The molecule has 0 radical (unpaired) electrons. The normalized spacial score (nSPS) is 11.3. The van der Waals surface area contributed by atoms with Crippen molar-refractivity contribution in [3.05, 3.63) is 47.8 Å². The van der Waals surface area contributed by atoms with Gasteiger partial charge in [-0.25, -0.2) is 9.18 Å². The molecule has 0 saturated carbocycles. The molecule has 0 aliphatic heterocycles. The molecular weight excluding hydrogens is 199 g/mol. The minimum Gasteiger partial charge on any atom is -0.505 e. The van der Waals surface area contributed by atoms with Crippen LogP contribution in [-0.2, 0) is 4.79 Å². The molecule has 0 bridgehead atoms. The van der Waals surface area contributed by atoms with Crippen LogP contribution in [0.15, 0.2) is 36.4 Å². The Hall–Kier alpha value is -2.10. The Morgan fingerprint density at radius 3 is 2.67 bits per heavy atom. The predicted octanol–water partition coefficient (Wildman–Crippen LogP) is 2.19. The fraction of sp³-hybridized carbons (Fsp3) is 0. The number of aliphatic carboxylic acids is 1. The van der Waals surface area contributed by atoms with Gasteiger partial charge in [0.2, 0.25) is 0 Å². The summed E-state index contributed by atoms with van der Waals surface area (Å²) < 4.78 is 12.8. The maximum absolute atomic E-state index is 12.8. The van der Waals surface area contributed by atoms with E-state index in [1.165, 1.54) is 30.4 Å². The second kappa shape index (κ2) is 4.95. The number of phenols is 1. The monoisotopic (exact) mass is 208 g/mol. The van der Waals surface area contributed by atoms with Gasteiger partial charge in [0.1, 0.15) is 0 Å². The number of rotatable bonds is 3. The van der Waals surface area contributed by atoms with Crippen LogP contribution in [0, 0.1) is 5.82 Å². The number of aromatic hydroxyl groups is 1. The molecule has 1 rings (SSSR count). The average Bonchev–Trinajstić information content (AvgIpc) is 2.18. The van der Waals surface area contributed by atoms with E-state index in [0.29, 0.717) is 5.56 Å². The van der Waals surface area contributed by atoms with E-state index < -0.39 is 17.5 Å². The predicted molar refractivity (Wildman–Crippen MR) is 53.9 cm³/mol. The van der Waals surface area contributed by atoms with E-state index in [1.807, 2.05) is 0 Å². The summed E-state index contributed by atoms with van der Waals surface area (Å²) in [7, 11) is 0. The van der Waals surface area contributed by atoms with Gasteiger partial charge in [0.25, 0.3) is 0 Å². The molecule has 0 atom stereocenters. The second-order valence-electron chi connectivity index (χ2n) is 2.77. The minimum absolute atomic E-state index is 0.409. The average molecular weight is 208 g/mol. The molecule has 15 heavy (non-hydrogen) atoms. The van der Waals surface area contributed by atoms with E-state index in [4.69, 9.17) is 10.2 Å². The summed E-state index contributed by atoms with van der Waals surface area (Å²) in [5, 5.41) is 17.2. The van der Waals surface area contributed by atoms with Gasteiger partial charge in [0, 0.05) is 6.08 Å². The number of halogens is 1. The van der Waals surface area contributed by atoms with Crippen LogP contribution in [0.5, 0.6) is 5.75 Å². The largest absolute Gasteiger partial charge is 0.505 e. The van der Waals surface area contributed by atoms with Crippen molar-refractivity contribution in [1.82, 2.24) is 0 Å². The van der Waals surface area contributed by atoms with Crippen LogP contribution in [0.2, 0.25) is 0 Å². The molecule has 0 spiro atoms. The number of carbonyl (C=O) groups is 1. The van der Waals surface area contributed by atoms with Crippen LogP contribution in [0.3, 0.4) is 0 Å². The summed E-state index contributed by atoms with van der Waals surface area (Å²) in [6.45, 7) is 0. The Morgan fingerprint density at radius 1 is 1.33 bits per heavy atom. The summed E-state index contributed by atoms with van der Waals surface area (Å²) in [6.07, 6.45) is 5.29. The number of allylic oxidation sites excluding steroid dienone is 2. The van der Waals surface area contributed by atoms with Crippen molar-refractivity contribution in [2.75, 3.05) is 0 Å². The molecule has 0 unspecified atom stereocenters. The van der Waals surface area contributed by atoms with Gasteiger partial charge in [-0.05, 0) is 17.7 Å². The molecule has 0 aliphatic carbocycles. The summed E-state index contributed by atoms with van der Waals surface area (Å²) in [5.74, 6) is -2.16. The number of hydrogen-bond acceptors (Lipinski definition) is 2. The van der Waals surface area contributed by atoms with Gasteiger partial charge in [0.05, 0.1) is 0 Å². The summed E-state index contributed by atoms with van der Waals surface area (Å²) in [5.41, 5.74) is 0.542. The Morgan fingerprint density at radius 2 is 2.07 bits per heavy atom. The van der Waals surface area contributed by atoms with Gasteiger partial charge in [-0.15, -0.1) is 0 Å². The lowest BCUT2D eigenvalue weighted by molar-refractivity contribution is -0.131. The van der Waals surface area contributed by atoms with E-state index in [9.17, 15) is 9.18 Å². The van der Waals surface area contributed by atoms with Gasteiger partial charge >= 0.3 is 5.97 Å². The number of phenolic OH excluding ortho intramolecular Hbond substituents is 1. The maximum Gasteiger partial charge on any atom is 0.328 e. The highest BCUT2D eigenvalue weighted by atomic mass is 19.1. The smallest absolute Gasteiger partial charge is 0.328 e. The van der Waals surface area contributed by atoms with Crippen LogP contribution in [0.25, 0.3) is 6.08 Å². The topological polar surface area (TPSA) is 57.5 Å². The summed E-state index contributed by atoms with van der Waals surface area (Å²) in [6, 6.07) is 3.90. The van der Waals surface area contributed by atoms with Crippen molar-refractivity contribution in [2.24, 2.45) is 0 Å². The first-order chi connectivity index (χ1) is 7.09. The third-order valence-corrected chi connectivity index (χ3v) is 1.61. The third-order valence-electron chi connectivity index (χ3n) is 1.61. The van der Waals surface area contributed by atoms with Gasteiger partial charge < -0.3 is 10.2 Å². The molecule has 0 saturated heterocycles.